The molecule has 0 spiro atoms. The maximum Gasteiger partial charge on any atom is 0.253 e. The van der Waals surface area contributed by atoms with E-state index < -0.39 is 0 Å². The van der Waals surface area contributed by atoms with Crippen LogP contribution in [0.15, 0.2) is 18.2 Å². The third-order valence-corrected chi connectivity index (χ3v) is 3.84. The number of anilines is 1. The molecule has 1 aromatic rings. The molecule has 0 unspecified atom stereocenters. The van der Waals surface area contributed by atoms with E-state index in [2.05, 4.69) is 33.0 Å². The van der Waals surface area contributed by atoms with Crippen molar-refractivity contribution in [1.29, 1.82) is 0 Å². The molecule has 18 heavy (non-hydrogen) atoms. The minimum Gasteiger partial charge on any atom is -0.398 e. The Morgan fingerprint density at radius 2 is 2.00 bits per heavy atom. The molecule has 3 nitrogen and oxygen atoms in total. The second-order valence-electron chi connectivity index (χ2n) is 5.86. The molecule has 0 saturated carbocycles. The molecule has 0 heterocycles. The van der Waals surface area contributed by atoms with E-state index in [0.29, 0.717) is 23.7 Å². The molecule has 0 atom stereocenters. The van der Waals surface area contributed by atoms with E-state index >= 15 is 0 Å². The molecule has 100 valence electrons. The lowest BCUT2D eigenvalue weighted by atomic mass is 9.81. The monoisotopic (exact) mass is 248 g/mol. The van der Waals surface area contributed by atoms with Crippen molar-refractivity contribution >= 4 is 11.6 Å². The van der Waals surface area contributed by atoms with E-state index in [9.17, 15) is 4.79 Å². The Morgan fingerprint density at radius 1 is 1.39 bits per heavy atom. The molecule has 0 fully saturated rings. The second-order valence-corrected chi connectivity index (χ2v) is 5.86. The highest BCUT2D eigenvalue weighted by molar-refractivity contribution is 5.99. The fraction of sp³-hybridized carbons (Fsp3) is 0.533. The van der Waals surface area contributed by atoms with Gasteiger partial charge in [-0.15, -0.1) is 0 Å². The molecule has 0 aromatic heterocycles. The highest BCUT2D eigenvalue weighted by atomic mass is 16.1. The third-order valence-electron chi connectivity index (χ3n) is 3.84. The number of hydrogen-bond donors (Lipinski definition) is 2. The number of amides is 1. The van der Waals surface area contributed by atoms with E-state index in [1.54, 1.807) is 6.07 Å². The van der Waals surface area contributed by atoms with Crippen molar-refractivity contribution < 1.29 is 4.79 Å². The number of aryl methyl sites for hydroxylation is 1. The first-order valence-corrected chi connectivity index (χ1v) is 6.39. The van der Waals surface area contributed by atoms with Crippen molar-refractivity contribution in [2.75, 3.05) is 12.3 Å². The number of hydrogen-bond acceptors (Lipinski definition) is 2. The molecular formula is C15H24N2O. The maximum atomic E-state index is 12.1. The summed E-state index contributed by atoms with van der Waals surface area (Å²) < 4.78 is 0. The van der Waals surface area contributed by atoms with Gasteiger partial charge in [0.05, 0.1) is 5.56 Å². The normalized spacial score (nSPS) is 11.7. The number of para-hydroxylation sites is 1. The van der Waals surface area contributed by atoms with Crippen LogP contribution in [-0.4, -0.2) is 12.5 Å². The summed E-state index contributed by atoms with van der Waals surface area (Å²) in [5.74, 6) is 0.414. The largest absolute Gasteiger partial charge is 0.398 e. The summed E-state index contributed by atoms with van der Waals surface area (Å²) in [5, 5.41) is 2.97. The molecule has 3 N–H and O–H groups in total. The zero-order valence-electron chi connectivity index (χ0n) is 12.0. The number of nitrogens with two attached hydrogens (primary N) is 1. The lowest BCUT2D eigenvalue weighted by Crippen LogP contribution is -2.37. The SMILES string of the molecule is Cc1cccc(C(=O)NCC(C)(C)C(C)C)c1N. The van der Waals surface area contributed by atoms with Crippen LogP contribution in [0.2, 0.25) is 0 Å². The first kappa shape index (κ1) is 14.6. The van der Waals surface area contributed by atoms with Gasteiger partial charge in [0.15, 0.2) is 0 Å². The fourth-order valence-electron chi connectivity index (χ4n) is 1.49. The molecular weight excluding hydrogens is 224 g/mol. The van der Waals surface area contributed by atoms with Gasteiger partial charge in [-0.3, -0.25) is 4.79 Å². The van der Waals surface area contributed by atoms with Gasteiger partial charge in [0, 0.05) is 12.2 Å². The minimum absolute atomic E-state index is 0.0776. The molecule has 0 aliphatic rings. The minimum atomic E-state index is -0.0927. The first-order chi connectivity index (χ1) is 8.25. The van der Waals surface area contributed by atoms with Crippen molar-refractivity contribution in [2.24, 2.45) is 11.3 Å². The van der Waals surface area contributed by atoms with E-state index in [-0.39, 0.29) is 11.3 Å². The molecule has 0 aliphatic heterocycles. The van der Waals surface area contributed by atoms with Crippen molar-refractivity contribution in [3.63, 3.8) is 0 Å². The van der Waals surface area contributed by atoms with Crippen molar-refractivity contribution in [1.82, 2.24) is 5.32 Å². The quantitative estimate of drug-likeness (QED) is 0.805. The van der Waals surface area contributed by atoms with Gasteiger partial charge >= 0.3 is 0 Å². The Bertz CT molecular complexity index is 436. The van der Waals surface area contributed by atoms with Gasteiger partial charge in [-0.25, -0.2) is 0 Å². The van der Waals surface area contributed by atoms with Gasteiger partial charge in [-0.2, -0.15) is 0 Å². The molecule has 0 radical (unpaired) electrons. The van der Waals surface area contributed by atoms with Gasteiger partial charge in [-0.05, 0) is 29.9 Å². The van der Waals surface area contributed by atoms with Gasteiger partial charge in [0.1, 0.15) is 0 Å². The topological polar surface area (TPSA) is 55.1 Å². The Kier molecular flexibility index (Phi) is 4.38. The van der Waals surface area contributed by atoms with Crippen LogP contribution in [-0.2, 0) is 0 Å². The fourth-order valence-corrected chi connectivity index (χ4v) is 1.49. The summed E-state index contributed by atoms with van der Waals surface area (Å²) >= 11 is 0. The van der Waals surface area contributed by atoms with Gasteiger partial charge in [-0.1, -0.05) is 39.8 Å². The van der Waals surface area contributed by atoms with E-state index in [1.807, 2.05) is 19.1 Å². The highest BCUT2D eigenvalue weighted by Gasteiger charge is 2.23. The Labute approximate surface area is 110 Å². The van der Waals surface area contributed by atoms with Crippen LogP contribution < -0.4 is 11.1 Å². The van der Waals surface area contributed by atoms with E-state index in [4.69, 9.17) is 5.73 Å². The molecule has 0 saturated heterocycles. The van der Waals surface area contributed by atoms with Gasteiger partial charge in [0.25, 0.3) is 5.91 Å². The molecule has 1 aromatic carbocycles. The second kappa shape index (κ2) is 5.42. The highest BCUT2D eigenvalue weighted by Crippen LogP contribution is 2.25. The lowest BCUT2D eigenvalue weighted by Gasteiger charge is -2.29. The van der Waals surface area contributed by atoms with Crippen molar-refractivity contribution in [3.8, 4) is 0 Å². The number of nitrogen functional groups attached to an aromatic ring is 1. The van der Waals surface area contributed by atoms with Gasteiger partial charge in [0.2, 0.25) is 0 Å². The summed E-state index contributed by atoms with van der Waals surface area (Å²) in [5.41, 5.74) is 8.07. The zero-order chi connectivity index (χ0) is 13.9. The predicted molar refractivity (Wildman–Crippen MR) is 76.5 cm³/mol. The molecule has 0 bridgehead atoms. The number of rotatable bonds is 4. The molecule has 0 aliphatic carbocycles. The average molecular weight is 248 g/mol. The van der Waals surface area contributed by atoms with Crippen LogP contribution in [0.3, 0.4) is 0 Å². The van der Waals surface area contributed by atoms with Crippen molar-refractivity contribution in [2.45, 2.75) is 34.6 Å². The summed E-state index contributed by atoms with van der Waals surface area (Å²) in [6, 6.07) is 5.53. The molecule has 1 amide bonds. The van der Waals surface area contributed by atoms with Crippen LogP contribution in [0, 0.1) is 18.3 Å². The van der Waals surface area contributed by atoms with E-state index in [0.717, 1.165) is 5.56 Å². The summed E-state index contributed by atoms with van der Waals surface area (Å²) in [4.78, 5) is 12.1. The number of benzene rings is 1. The first-order valence-electron chi connectivity index (χ1n) is 6.39. The molecule has 1 rings (SSSR count). The summed E-state index contributed by atoms with van der Waals surface area (Å²) in [7, 11) is 0. The standard InChI is InChI=1S/C15H24N2O/c1-10(2)15(4,5)9-17-14(18)12-8-6-7-11(3)13(12)16/h6-8,10H,9,16H2,1-5H3,(H,17,18). The Balaban J connectivity index is 2.75. The van der Waals surface area contributed by atoms with Crippen LogP contribution in [0.5, 0.6) is 0 Å². The number of nitrogens with one attached hydrogen (secondary N) is 1. The summed E-state index contributed by atoms with van der Waals surface area (Å²) in [6.45, 7) is 11.2. The number of carbonyl (C=O) groups is 1. The predicted octanol–water partition coefficient (Wildman–Crippen LogP) is 2.99. The lowest BCUT2D eigenvalue weighted by molar-refractivity contribution is 0.0925. The van der Waals surface area contributed by atoms with Crippen LogP contribution in [0.25, 0.3) is 0 Å². The van der Waals surface area contributed by atoms with Crippen LogP contribution >= 0.6 is 0 Å². The summed E-state index contributed by atoms with van der Waals surface area (Å²) in [6.07, 6.45) is 0. The molecule has 3 heteroatoms. The third kappa shape index (κ3) is 3.25. The smallest absolute Gasteiger partial charge is 0.253 e. The van der Waals surface area contributed by atoms with Gasteiger partial charge < -0.3 is 11.1 Å². The Hall–Kier alpha value is -1.51. The maximum absolute atomic E-state index is 12.1. The van der Waals surface area contributed by atoms with E-state index in [1.165, 1.54) is 0 Å². The zero-order valence-corrected chi connectivity index (χ0v) is 12.0. The van der Waals surface area contributed by atoms with Crippen LogP contribution in [0.1, 0.15) is 43.6 Å². The van der Waals surface area contributed by atoms with Crippen LogP contribution in [0.4, 0.5) is 5.69 Å². The average Bonchev–Trinajstić information content (AvgIpc) is 2.29. The number of carbonyl (C=O) groups excluding carboxylic acids is 1. The van der Waals surface area contributed by atoms with Crippen molar-refractivity contribution in [3.05, 3.63) is 29.3 Å². The Morgan fingerprint density at radius 3 is 2.56 bits per heavy atom.